The highest BCUT2D eigenvalue weighted by Gasteiger charge is 2.34. The Labute approximate surface area is 220 Å². The predicted octanol–water partition coefficient (Wildman–Crippen LogP) is 3.72. The molecule has 2 aliphatic rings. The van der Waals surface area contributed by atoms with Crippen molar-refractivity contribution in [2.24, 2.45) is 5.10 Å². The van der Waals surface area contributed by atoms with Crippen molar-refractivity contribution >= 4 is 50.3 Å². The van der Waals surface area contributed by atoms with Crippen LogP contribution in [0.4, 0.5) is 5.69 Å². The first-order valence-corrected chi connectivity index (χ1v) is 13.9. The summed E-state index contributed by atoms with van der Waals surface area (Å²) in [6, 6.07) is 14.5. The number of carbonyl (C=O) groups excluding carboxylic acids is 1. The summed E-state index contributed by atoms with van der Waals surface area (Å²) in [5, 5.41) is 17.5. The Hall–Kier alpha value is -3.08. The lowest BCUT2D eigenvalue weighted by Crippen LogP contribution is -2.51. The fourth-order valence-electron chi connectivity index (χ4n) is 3.90. The molecule has 186 valence electrons. The van der Waals surface area contributed by atoms with Crippen molar-refractivity contribution in [1.82, 2.24) is 10.4 Å². The molecule has 0 saturated carbocycles. The molecule has 1 fully saturated rings. The van der Waals surface area contributed by atoms with Crippen molar-refractivity contribution in [2.45, 2.75) is 25.3 Å². The number of hydrazone groups is 1. The van der Waals surface area contributed by atoms with Crippen LogP contribution in [0.25, 0.3) is 0 Å². The van der Waals surface area contributed by atoms with E-state index in [1.54, 1.807) is 28.2 Å². The smallest absolute Gasteiger partial charge is 0.281 e. The normalized spacial score (nSPS) is 19.1. The van der Waals surface area contributed by atoms with Gasteiger partial charge < -0.3 is 0 Å². The average Bonchev–Trinajstić information content (AvgIpc) is 3.29. The lowest BCUT2D eigenvalue weighted by Gasteiger charge is -2.26. The molecular weight excluding hydrogens is 521 g/mol. The lowest BCUT2D eigenvalue weighted by molar-refractivity contribution is -0.119. The number of benzene rings is 2. The van der Waals surface area contributed by atoms with Gasteiger partial charge in [-0.15, -0.1) is 0 Å². The predicted molar refractivity (Wildman–Crippen MR) is 140 cm³/mol. The van der Waals surface area contributed by atoms with E-state index in [9.17, 15) is 13.2 Å². The standard InChI is InChI=1S/C25H23Cl2N5O3S/c26-20-9-10-23(21(27)16-20)32-24(19-7-5-18(6-8-19)4-2-1-3-11-28)17-22(29-32)25(33)30-31-12-14-36(34,35)15-13-31/h5-10,16,24H,1,3,12-15,17H2,(H,30,33)/t24-/m1/s1. The van der Waals surface area contributed by atoms with Gasteiger partial charge in [-0.25, -0.2) is 13.4 Å². The van der Waals surface area contributed by atoms with E-state index in [1.807, 2.05) is 24.3 Å². The van der Waals surface area contributed by atoms with Gasteiger partial charge in [0, 0.05) is 42.9 Å². The molecule has 0 aliphatic carbocycles. The summed E-state index contributed by atoms with van der Waals surface area (Å²) < 4.78 is 23.4. The van der Waals surface area contributed by atoms with Crippen LogP contribution in [0.2, 0.25) is 10.0 Å². The number of nitrogens with one attached hydrogen (secondary N) is 1. The van der Waals surface area contributed by atoms with Crippen LogP contribution in [0.5, 0.6) is 0 Å². The average molecular weight is 544 g/mol. The molecule has 1 amide bonds. The lowest BCUT2D eigenvalue weighted by atomic mass is 9.99. The van der Waals surface area contributed by atoms with Crippen molar-refractivity contribution in [3.05, 3.63) is 63.6 Å². The summed E-state index contributed by atoms with van der Waals surface area (Å²) in [5.74, 6) is 5.63. The number of hydrogen-bond donors (Lipinski definition) is 1. The number of sulfone groups is 1. The molecule has 0 spiro atoms. The van der Waals surface area contributed by atoms with Gasteiger partial charge in [-0.05, 0) is 35.9 Å². The minimum absolute atomic E-state index is 0.000637. The number of unbranched alkanes of at least 4 members (excludes halogenated alkanes) is 1. The van der Waals surface area contributed by atoms with Crippen LogP contribution in [-0.4, -0.2) is 49.6 Å². The van der Waals surface area contributed by atoms with Gasteiger partial charge in [0.05, 0.1) is 34.3 Å². The van der Waals surface area contributed by atoms with Crippen LogP contribution in [0.3, 0.4) is 0 Å². The highest BCUT2D eigenvalue weighted by atomic mass is 35.5. The number of anilines is 1. The molecule has 0 unspecified atom stereocenters. The summed E-state index contributed by atoms with van der Waals surface area (Å²) in [6.07, 6.45) is 1.22. The molecule has 0 aromatic heterocycles. The number of hydrazine groups is 1. The Balaban J connectivity index is 1.56. The summed E-state index contributed by atoms with van der Waals surface area (Å²) in [4.78, 5) is 13.0. The maximum Gasteiger partial charge on any atom is 0.281 e. The van der Waals surface area contributed by atoms with Gasteiger partial charge in [-0.1, -0.05) is 47.2 Å². The van der Waals surface area contributed by atoms with Gasteiger partial charge in [-0.2, -0.15) is 10.4 Å². The number of halogens is 2. The Bertz CT molecular complexity index is 1380. The molecule has 1 N–H and O–H groups in total. The third kappa shape index (κ3) is 6.37. The van der Waals surface area contributed by atoms with E-state index in [-0.39, 0.29) is 36.5 Å². The molecule has 2 aromatic rings. The molecule has 0 radical (unpaired) electrons. The van der Waals surface area contributed by atoms with Gasteiger partial charge in [-0.3, -0.25) is 15.2 Å². The highest BCUT2D eigenvalue weighted by Crippen LogP contribution is 2.39. The summed E-state index contributed by atoms with van der Waals surface area (Å²) in [6.45, 7) is 0.461. The Morgan fingerprint density at radius 1 is 1.11 bits per heavy atom. The first-order chi connectivity index (χ1) is 17.3. The van der Waals surface area contributed by atoms with E-state index in [4.69, 9.17) is 28.5 Å². The monoisotopic (exact) mass is 543 g/mol. The van der Waals surface area contributed by atoms with E-state index in [0.717, 1.165) is 11.1 Å². The quantitative estimate of drug-likeness (QED) is 0.455. The summed E-state index contributed by atoms with van der Waals surface area (Å²) in [5.41, 5.74) is 5.44. The molecule has 8 nitrogen and oxygen atoms in total. The van der Waals surface area contributed by atoms with Gasteiger partial charge in [0.15, 0.2) is 9.84 Å². The van der Waals surface area contributed by atoms with Crippen LogP contribution >= 0.6 is 23.2 Å². The minimum atomic E-state index is -3.06. The Kier molecular flexibility index (Phi) is 8.17. The van der Waals surface area contributed by atoms with Crippen molar-refractivity contribution in [2.75, 3.05) is 29.6 Å². The molecular formula is C25H23Cl2N5O3S. The maximum absolute atomic E-state index is 13.0. The zero-order valence-electron chi connectivity index (χ0n) is 19.2. The zero-order valence-corrected chi connectivity index (χ0v) is 21.6. The zero-order chi connectivity index (χ0) is 25.7. The number of hydrogen-bond acceptors (Lipinski definition) is 7. The van der Waals surface area contributed by atoms with Crippen LogP contribution in [0.1, 0.15) is 36.4 Å². The molecule has 4 rings (SSSR count). The van der Waals surface area contributed by atoms with Gasteiger partial charge in [0.25, 0.3) is 5.91 Å². The molecule has 0 bridgehead atoms. The van der Waals surface area contributed by atoms with Crippen molar-refractivity contribution in [3.8, 4) is 17.9 Å². The SMILES string of the molecule is N#CCCC#Cc1ccc([C@H]2CC(C(=O)NN3CCS(=O)(=O)CC3)=NN2c2ccc(Cl)cc2Cl)cc1. The van der Waals surface area contributed by atoms with Gasteiger partial charge in [0.2, 0.25) is 0 Å². The third-order valence-electron chi connectivity index (χ3n) is 5.82. The van der Waals surface area contributed by atoms with E-state index in [1.165, 1.54) is 0 Å². The first kappa shape index (κ1) is 26.0. The van der Waals surface area contributed by atoms with E-state index in [2.05, 4.69) is 28.4 Å². The number of nitrogens with zero attached hydrogens (tertiary/aromatic N) is 4. The van der Waals surface area contributed by atoms with E-state index in [0.29, 0.717) is 40.7 Å². The van der Waals surface area contributed by atoms with Crippen LogP contribution < -0.4 is 10.4 Å². The second kappa shape index (κ2) is 11.3. The molecule has 2 heterocycles. The fraction of sp³-hybridized carbons (Fsp3) is 0.320. The molecule has 1 atom stereocenters. The number of amides is 1. The maximum atomic E-state index is 13.0. The number of carbonyl (C=O) groups is 1. The molecule has 36 heavy (non-hydrogen) atoms. The van der Waals surface area contributed by atoms with E-state index < -0.39 is 9.84 Å². The molecule has 11 heteroatoms. The second-order valence-electron chi connectivity index (χ2n) is 8.37. The second-order valence-corrected chi connectivity index (χ2v) is 11.5. The Morgan fingerprint density at radius 2 is 1.83 bits per heavy atom. The summed E-state index contributed by atoms with van der Waals surface area (Å²) in [7, 11) is -3.06. The van der Waals surface area contributed by atoms with Crippen LogP contribution in [-0.2, 0) is 14.6 Å². The third-order valence-corrected chi connectivity index (χ3v) is 7.97. The van der Waals surface area contributed by atoms with Crippen LogP contribution in [0, 0.1) is 23.2 Å². The summed E-state index contributed by atoms with van der Waals surface area (Å²) >= 11 is 12.6. The topological polar surface area (TPSA) is 106 Å². The molecule has 2 aromatic carbocycles. The van der Waals surface area contributed by atoms with E-state index >= 15 is 0 Å². The van der Waals surface area contributed by atoms with Crippen molar-refractivity contribution < 1.29 is 13.2 Å². The van der Waals surface area contributed by atoms with Crippen LogP contribution in [0.15, 0.2) is 47.6 Å². The molecule has 2 aliphatic heterocycles. The number of rotatable bonds is 5. The number of nitriles is 1. The highest BCUT2D eigenvalue weighted by molar-refractivity contribution is 7.91. The molecule has 1 saturated heterocycles. The van der Waals surface area contributed by atoms with Crippen molar-refractivity contribution in [1.29, 1.82) is 5.26 Å². The fourth-order valence-corrected chi connectivity index (χ4v) is 5.60. The van der Waals surface area contributed by atoms with Gasteiger partial charge in [0.1, 0.15) is 5.71 Å². The van der Waals surface area contributed by atoms with Gasteiger partial charge >= 0.3 is 0 Å². The Morgan fingerprint density at radius 3 is 2.50 bits per heavy atom. The van der Waals surface area contributed by atoms with Crippen molar-refractivity contribution in [3.63, 3.8) is 0 Å². The largest absolute Gasteiger partial charge is 0.284 e. The first-order valence-electron chi connectivity index (χ1n) is 11.3. The minimum Gasteiger partial charge on any atom is -0.284 e.